The molecule has 2 fully saturated rings. The zero-order chi connectivity index (χ0) is 25.2. The predicted molar refractivity (Wildman–Crippen MR) is 139 cm³/mol. The smallest absolute Gasteiger partial charge is 0.166 e. The molecule has 0 aliphatic carbocycles. The molecule has 8 heteroatoms. The van der Waals surface area contributed by atoms with E-state index in [0.29, 0.717) is 12.1 Å². The van der Waals surface area contributed by atoms with Gasteiger partial charge < -0.3 is 4.74 Å². The number of halogens is 2. The van der Waals surface area contributed by atoms with E-state index in [9.17, 15) is 8.78 Å². The maximum atomic E-state index is 14.9. The number of pyridine rings is 1. The summed E-state index contributed by atoms with van der Waals surface area (Å²) in [6, 6.07) is 12.8. The van der Waals surface area contributed by atoms with Gasteiger partial charge in [-0.15, -0.1) is 0 Å². The Morgan fingerprint density at radius 3 is 2.41 bits per heavy atom. The largest absolute Gasteiger partial charge is 0.379 e. The van der Waals surface area contributed by atoms with Crippen LogP contribution in [0.15, 0.2) is 54.9 Å². The van der Waals surface area contributed by atoms with Gasteiger partial charge in [0, 0.05) is 37.1 Å². The van der Waals surface area contributed by atoms with E-state index in [1.165, 1.54) is 12.5 Å². The summed E-state index contributed by atoms with van der Waals surface area (Å²) in [6.45, 7) is 6.80. The van der Waals surface area contributed by atoms with Crippen molar-refractivity contribution in [1.82, 2.24) is 24.6 Å². The summed E-state index contributed by atoms with van der Waals surface area (Å²) in [5, 5.41) is 5.41. The van der Waals surface area contributed by atoms with E-state index in [-0.39, 0.29) is 5.56 Å². The molecule has 0 bridgehead atoms. The van der Waals surface area contributed by atoms with Crippen LogP contribution in [-0.4, -0.2) is 64.0 Å². The minimum atomic E-state index is -0.811. The normalized spacial score (nSPS) is 17.5. The summed E-state index contributed by atoms with van der Waals surface area (Å²) in [4.78, 5) is 9.29. The highest BCUT2D eigenvalue weighted by atomic mass is 19.2. The first kappa shape index (κ1) is 24.2. The van der Waals surface area contributed by atoms with Crippen molar-refractivity contribution in [2.45, 2.75) is 32.4 Å². The molecule has 2 aromatic carbocycles. The third kappa shape index (κ3) is 5.28. The highest BCUT2D eigenvalue weighted by molar-refractivity contribution is 5.86. The van der Waals surface area contributed by atoms with E-state index in [1.807, 2.05) is 41.2 Å². The Labute approximate surface area is 215 Å². The van der Waals surface area contributed by atoms with E-state index >= 15 is 0 Å². The molecule has 6 nitrogen and oxygen atoms in total. The van der Waals surface area contributed by atoms with Crippen molar-refractivity contribution >= 4 is 10.9 Å². The Morgan fingerprint density at radius 2 is 1.62 bits per heavy atom. The van der Waals surface area contributed by atoms with Crippen molar-refractivity contribution in [3.63, 3.8) is 0 Å². The number of ether oxygens (including phenoxy) is 1. The zero-order valence-electron chi connectivity index (χ0n) is 20.9. The van der Waals surface area contributed by atoms with Crippen LogP contribution in [0.3, 0.4) is 0 Å². The lowest BCUT2D eigenvalue weighted by Crippen LogP contribution is -2.35. The molecule has 0 spiro atoms. The van der Waals surface area contributed by atoms with E-state index in [0.717, 1.165) is 86.6 Å². The van der Waals surface area contributed by atoms with Crippen molar-refractivity contribution in [3.8, 4) is 16.8 Å². The van der Waals surface area contributed by atoms with Gasteiger partial charge in [0.05, 0.1) is 42.5 Å². The SMILES string of the molecule is Fc1cc(CN2CCCCC2)cc(-c2ccc3c(cnn3-c3ccc(CN4CCOCC4)nc3)c2)c1F. The highest BCUT2D eigenvalue weighted by Crippen LogP contribution is 2.30. The molecule has 0 N–H and O–H groups in total. The fraction of sp³-hybridized carbons (Fsp3) is 0.379. The van der Waals surface area contributed by atoms with Gasteiger partial charge in [0.2, 0.25) is 0 Å². The van der Waals surface area contributed by atoms with Gasteiger partial charge in [-0.3, -0.25) is 14.8 Å². The van der Waals surface area contributed by atoms with Gasteiger partial charge in [0.25, 0.3) is 0 Å². The summed E-state index contributed by atoms with van der Waals surface area (Å²) < 4.78 is 36.7. The van der Waals surface area contributed by atoms with Crippen LogP contribution in [0, 0.1) is 11.6 Å². The zero-order valence-corrected chi connectivity index (χ0v) is 20.9. The van der Waals surface area contributed by atoms with E-state index in [4.69, 9.17) is 4.74 Å². The molecule has 0 saturated carbocycles. The van der Waals surface area contributed by atoms with Crippen molar-refractivity contribution in [3.05, 3.63) is 77.8 Å². The molecule has 37 heavy (non-hydrogen) atoms. The number of likely N-dealkylation sites (tertiary alicyclic amines) is 1. The van der Waals surface area contributed by atoms with Crippen LogP contribution in [0.1, 0.15) is 30.5 Å². The molecule has 2 aromatic heterocycles. The molecule has 2 aliphatic heterocycles. The van der Waals surface area contributed by atoms with Crippen LogP contribution in [-0.2, 0) is 17.8 Å². The molecule has 0 unspecified atom stereocenters. The second kappa shape index (κ2) is 10.7. The Hall–Kier alpha value is -3.20. The third-order valence-corrected chi connectivity index (χ3v) is 7.36. The summed E-state index contributed by atoms with van der Waals surface area (Å²) in [7, 11) is 0. The summed E-state index contributed by atoms with van der Waals surface area (Å²) in [5.74, 6) is -1.61. The average Bonchev–Trinajstić information content (AvgIpc) is 3.35. The highest BCUT2D eigenvalue weighted by Gasteiger charge is 2.17. The topological polar surface area (TPSA) is 46.4 Å². The molecule has 4 aromatic rings. The van der Waals surface area contributed by atoms with Gasteiger partial charge in [0.1, 0.15) is 0 Å². The first-order chi connectivity index (χ1) is 18.1. The Morgan fingerprint density at radius 1 is 0.811 bits per heavy atom. The van der Waals surface area contributed by atoms with Crippen molar-refractivity contribution < 1.29 is 13.5 Å². The third-order valence-electron chi connectivity index (χ3n) is 7.36. The minimum absolute atomic E-state index is 0.288. The molecular formula is C29H31F2N5O. The van der Waals surface area contributed by atoms with Crippen molar-refractivity contribution in [2.24, 2.45) is 0 Å². The molecule has 4 heterocycles. The van der Waals surface area contributed by atoms with Crippen LogP contribution in [0.4, 0.5) is 8.78 Å². The van der Waals surface area contributed by atoms with Gasteiger partial charge in [-0.25, -0.2) is 13.5 Å². The molecular weight excluding hydrogens is 472 g/mol. The van der Waals surface area contributed by atoms with Crippen LogP contribution in [0.5, 0.6) is 0 Å². The Balaban J connectivity index is 1.24. The number of benzene rings is 2. The summed E-state index contributed by atoms with van der Waals surface area (Å²) in [6.07, 6.45) is 7.13. The molecule has 2 aliphatic rings. The lowest BCUT2D eigenvalue weighted by molar-refractivity contribution is 0.0336. The predicted octanol–water partition coefficient (Wildman–Crippen LogP) is 5.18. The summed E-state index contributed by atoms with van der Waals surface area (Å²) >= 11 is 0. The number of hydrogen-bond acceptors (Lipinski definition) is 5. The van der Waals surface area contributed by atoms with Crippen molar-refractivity contribution in [2.75, 3.05) is 39.4 Å². The summed E-state index contributed by atoms with van der Waals surface area (Å²) in [5.41, 5.74) is 4.48. The van der Waals surface area contributed by atoms with Crippen molar-refractivity contribution in [1.29, 1.82) is 0 Å². The van der Waals surface area contributed by atoms with Gasteiger partial charge in [-0.1, -0.05) is 12.5 Å². The van der Waals surface area contributed by atoms with E-state index in [2.05, 4.69) is 19.9 Å². The second-order valence-corrected chi connectivity index (χ2v) is 10.0. The van der Waals surface area contributed by atoms with Gasteiger partial charge in [0.15, 0.2) is 11.6 Å². The Bertz CT molecular complexity index is 1380. The standard InChI is InChI=1S/C29H31F2N5O/c30-27-15-21(19-34-8-2-1-3-9-34)14-26(29(27)31)22-4-7-28-23(16-22)17-33-36(28)25-6-5-24(32-18-25)20-35-10-12-37-13-11-35/h4-7,14-18H,1-3,8-13,19-20H2. The van der Waals surface area contributed by atoms with Crippen LogP contribution < -0.4 is 0 Å². The number of piperidine rings is 1. The number of morpholine rings is 1. The number of rotatable bonds is 6. The number of nitrogens with zero attached hydrogens (tertiary/aromatic N) is 5. The second-order valence-electron chi connectivity index (χ2n) is 10.0. The quantitative estimate of drug-likeness (QED) is 0.363. The minimum Gasteiger partial charge on any atom is -0.379 e. The molecule has 2 saturated heterocycles. The van der Waals surface area contributed by atoms with Gasteiger partial charge in [-0.05, 0) is 73.5 Å². The lowest BCUT2D eigenvalue weighted by Gasteiger charge is -2.26. The monoisotopic (exact) mass is 503 g/mol. The van der Waals surface area contributed by atoms with Crippen LogP contribution in [0.2, 0.25) is 0 Å². The maximum Gasteiger partial charge on any atom is 0.166 e. The fourth-order valence-corrected chi connectivity index (χ4v) is 5.35. The molecule has 192 valence electrons. The first-order valence-electron chi connectivity index (χ1n) is 13.1. The lowest BCUT2D eigenvalue weighted by atomic mass is 10.00. The number of fused-ring (bicyclic) bond motifs is 1. The van der Waals surface area contributed by atoms with Gasteiger partial charge in [-0.2, -0.15) is 5.10 Å². The van der Waals surface area contributed by atoms with Crippen LogP contribution in [0.25, 0.3) is 27.7 Å². The average molecular weight is 504 g/mol. The van der Waals surface area contributed by atoms with Gasteiger partial charge >= 0.3 is 0 Å². The molecule has 0 amide bonds. The fourth-order valence-electron chi connectivity index (χ4n) is 5.35. The van der Waals surface area contributed by atoms with E-state index in [1.54, 1.807) is 12.3 Å². The Kier molecular flexibility index (Phi) is 6.95. The number of hydrogen-bond donors (Lipinski definition) is 0. The van der Waals surface area contributed by atoms with Crippen LogP contribution >= 0.6 is 0 Å². The molecule has 6 rings (SSSR count). The molecule has 0 atom stereocenters. The number of aromatic nitrogens is 3. The first-order valence-corrected chi connectivity index (χ1v) is 13.1. The maximum absolute atomic E-state index is 14.9. The molecule has 0 radical (unpaired) electrons. The van der Waals surface area contributed by atoms with E-state index < -0.39 is 11.6 Å².